The van der Waals surface area contributed by atoms with Gasteiger partial charge in [-0.2, -0.15) is 0 Å². The second-order valence-corrected chi connectivity index (χ2v) is 5.91. The summed E-state index contributed by atoms with van der Waals surface area (Å²) in [6, 6.07) is 8.11. The molecular formula is C18H17IO6. The Morgan fingerprint density at radius 3 is 2.28 bits per heavy atom. The van der Waals surface area contributed by atoms with Crippen LogP contribution in [-0.4, -0.2) is 32.4 Å². The zero-order chi connectivity index (χ0) is 18.4. The van der Waals surface area contributed by atoms with Crippen LogP contribution in [0.3, 0.4) is 0 Å². The van der Waals surface area contributed by atoms with Crippen LogP contribution in [0.4, 0.5) is 0 Å². The lowest BCUT2D eigenvalue weighted by atomic mass is 10.2. The fourth-order valence-electron chi connectivity index (χ4n) is 2.01. The Labute approximate surface area is 159 Å². The van der Waals surface area contributed by atoms with Gasteiger partial charge in [0, 0.05) is 18.2 Å². The zero-order valence-corrected chi connectivity index (χ0v) is 16.1. The first kappa shape index (κ1) is 18.9. The molecule has 0 heterocycles. The fourth-order valence-corrected chi connectivity index (χ4v) is 2.65. The Kier molecular flexibility index (Phi) is 6.51. The number of hydrogen-bond donors (Lipinski definition) is 1. The van der Waals surface area contributed by atoms with Crippen molar-refractivity contribution < 1.29 is 28.8 Å². The molecule has 0 aromatic heterocycles. The zero-order valence-electron chi connectivity index (χ0n) is 13.9. The summed E-state index contributed by atoms with van der Waals surface area (Å²) in [5.74, 6) is 1.19. The van der Waals surface area contributed by atoms with Gasteiger partial charge in [-0.1, -0.05) is 6.07 Å². The first-order valence-electron chi connectivity index (χ1n) is 7.17. The third-order valence-corrected chi connectivity index (χ3v) is 4.32. The van der Waals surface area contributed by atoms with Gasteiger partial charge >= 0.3 is 5.97 Å². The molecule has 2 aromatic carbocycles. The van der Waals surface area contributed by atoms with Crippen LogP contribution in [0.5, 0.6) is 28.7 Å². The molecule has 0 fully saturated rings. The predicted molar refractivity (Wildman–Crippen MR) is 102 cm³/mol. The van der Waals surface area contributed by atoms with Crippen molar-refractivity contribution in [2.75, 3.05) is 21.3 Å². The second kappa shape index (κ2) is 8.61. The number of benzene rings is 2. The minimum absolute atomic E-state index is 0.00917. The largest absolute Gasteiger partial charge is 0.504 e. The van der Waals surface area contributed by atoms with E-state index in [9.17, 15) is 9.90 Å². The first-order chi connectivity index (χ1) is 12.0. The molecule has 2 aromatic rings. The maximum absolute atomic E-state index is 12.1. The van der Waals surface area contributed by atoms with Gasteiger partial charge in [0.2, 0.25) is 0 Å². The van der Waals surface area contributed by atoms with Crippen LogP contribution in [0.1, 0.15) is 5.56 Å². The van der Waals surface area contributed by atoms with E-state index in [2.05, 4.69) is 0 Å². The number of phenols is 1. The van der Waals surface area contributed by atoms with Crippen molar-refractivity contribution in [3.63, 3.8) is 0 Å². The molecule has 0 unspecified atom stereocenters. The molecule has 0 saturated carbocycles. The van der Waals surface area contributed by atoms with E-state index in [0.29, 0.717) is 32.1 Å². The molecule has 0 aliphatic heterocycles. The molecule has 1 N–H and O–H groups in total. The fraction of sp³-hybridized carbons (Fsp3) is 0.167. The van der Waals surface area contributed by atoms with Gasteiger partial charge in [-0.15, -0.1) is 0 Å². The Hall–Kier alpha value is -2.42. The van der Waals surface area contributed by atoms with Crippen molar-refractivity contribution in [1.82, 2.24) is 0 Å². The van der Waals surface area contributed by atoms with Crippen LogP contribution in [0.25, 0.3) is 6.08 Å². The number of phenolic OH excluding ortho intramolecular Hbond substituents is 1. The number of methoxy groups -OCH3 is 3. The average molecular weight is 456 g/mol. The Bertz CT molecular complexity index is 800. The van der Waals surface area contributed by atoms with E-state index in [1.165, 1.54) is 39.5 Å². The van der Waals surface area contributed by atoms with E-state index in [0.717, 1.165) is 0 Å². The number of carbonyl (C=O) groups excluding carboxylic acids is 1. The second-order valence-electron chi connectivity index (χ2n) is 4.83. The van der Waals surface area contributed by atoms with Crippen molar-refractivity contribution in [3.8, 4) is 28.7 Å². The normalized spacial score (nSPS) is 10.6. The molecule has 132 valence electrons. The first-order valence-corrected chi connectivity index (χ1v) is 8.24. The molecule has 0 atom stereocenters. The van der Waals surface area contributed by atoms with Gasteiger partial charge < -0.3 is 24.1 Å². The monoisotopic (exact) mass is 456 g/mol. The number of ether oxygens (including phenoxy) is 4. The van der Waals surface area contributed by atoms with E-state index in [-0.39, 0.29) is 5.75 Å². The molecule has 0 radical (unpaired) electrons. The van der Waals surface area contributed by atoms with E-state index in [4.69, 9.17) is 18.9 Å². The number of carbonyl (C=O) groups is 1. The summed E-state index contributed by atoms with van der Waals surface area (Å²) in [5, 5.41) is 9.74. The molecule has 0 spiro atoms. The summed E-state index contributed by atoms with van der Waals surface area (Å²) in [7, 11) is 4.51. The lowest BCUT2D eigenvalue weighted by molar-refractivity contribution is -0.128. The van der Waals surface area contributed by atoms with Gasteiger partial charge in [-0.25, -0.2) is 4.79 Å². The Balaban J connectivity index is 2.16. The topological polar surface area (TPSA) is 74.2 Å². The summed E-state index contributed by atoms with van der Waals surface area (Å²) in [6.45, 7) is 0. The van der Waals surface area contributed by atoms with Gasteiger partial charge in [0.05, 0.1) is 24.9 Å². The van der Waals surface area contributed by atoms with E-state index in [1.807, 2.05) is 22.6 Å². The maximum atomic E-state index is 12.1. The maximum Gasteiger partial charge on any atom is 0.336 e. The molecule has 7 heteroatoms. The molecule has 0 amide bonds. The Morgan fingerprint density at radius 1 is 1.00 bits per heavy atom. The predicted octanol–water partition coefficient (Wildman–Crippen LogP) is 3.64. The van der Waals surface area contributed by atoms with Crippen molar-refractivity contribution in [1.29, 1.82) is 0 Å². The smallest absolute Gasteiger partial charge is 0.336 e. The minimum atomic E-state index is -0.566. The lowest BCUT2D eigenvalue weighted by Crippen LogP contribution is -2.06. The van der Waals surface area contributed by atoms with Crippen molar-refractivity contribution in [2.24, 2.45) is 0 Å². The summed E-state index contributed by atoms with van der Waals surface area (Å²) in [4.78, 5) is 12.1. The van der Waals surface area contributed by atoms with Crippen LogP contribution >= 0.6 is 22.6 Å². The van der Waals surface area contributed by atoms with Gasteiger partial charge in [0.1, 0.15) is 11.5 Å². The summed E-state index contributed by atoms with van der Waals surface area (Å²) in [5.41, 5.74) is 0.633. The SMILES string of the molecule is COc1cc(OC)c(I)c(OC(=O)C=Cc2ccc(OC)c(O)c2)c1. The van der Waals surface area contributed by atoms with Gasteiger partial charge in [0.25, 0.3) is 0 Å². The van der Waals surface area contributed by atoms with Gasteiger partial charge in [-0.05, 0) is 46.4 Å². The highest BCUT2D eigenvalue weighted by molar-refractivity contribution is 14.1. The molecule has 0 saturated heterocycles. The molecule has 0 aliphatic carbocycles. The van der Waals surface area contributed by atoms with Crippen LogP contribution in [0, 0.1) is 3.57 Å². The average Bonchev–Trinajstić information content (AvgIpc) is 2.61. The number of hydrogen-bond acceptors (Lipinski definition) is 6. The highest BCUT2D eigenvalue weighted by atomic mass is 127. The summed E-state index contributed by atoms with van der Waals surface area (Å²) < 4.78 is 21.4. The van der Waals surface area contributed by atoms with Crippen LogP contribution < -0.4 is 18.9 Å². The molecule has 25 heavy (non-hydrogen) atoms. The van der Waals surface area contributed by atoms with Crippen LogP contribution in [0.15, 0.2) is 36.4 Å². The number of esters is 1. The van der Waals surface area contributed by atoms with Crippen molar-refractivity contribution in [3.05, 3.63) is 45.5 Å². The van der Waals surface area contributed by atoms with Gasteiger partial charge in [-0.3, -0.25) is 0 Å². The number of rotatable bonds is 6. The van der Waals surface area contributed by atoms with Crippen molar-refractivity contribution >= 4 is 34.6 Å². The molecular weight excluding hydrogens is 439 g/mol. The van der Waals surface area contributed by atoms with E-state index < -0.39 is 5.97 Å². The third-order valence-electron chi connectivity index (χ3n) is 3.26. The summed E-state index contributed by atoms with van der Waals surface area (Å²) in [6.07, 6.45) is 2.80. The molecule has 0 aliphatic rings. The number of halogens is 1. The highest BCUT2D eigenvalue weighted by Crippen LogP contribution is 2.35. The molecule has 0 bridgehead atoms. The van der Waals surface area contributed by atoms with Crippen molar-refractivity contribution in [2.45, 2.75) is 0 Å². The standard InChI is InChI=1S/C18H17IO6/c1-22-12-9-15(24-3)18(19)16(10-12)25-17(21)7-5-11-4-6-14(23-2)13(20)8-11/h4-10,20H,1-3H3. The minimum Gasteiger partial charge on any atom is -0.504 e. The van der Waals surface area contributed by atoms with Gasteiger partial charge in [0.15, 0.2) is 17.2 Å². The summed E-state index contributed by atoms with van der Waals surface area (Å²) >= 11 is 2.03. The van der Waals surface area contributed by atoms with E-state index in [1.54, 1.807) is 24.3 Å². The van der Waals surface area contributed by atoms with E-state index >= 15 is 0 Å². The quantitative estimate of drug-likeness (QED) is 0.310. The van der Waals surface area contributed by atoms with Crippen LogP contribution in [0.2, 0.25) is 0 Å². The third kappa shape index (κ3) is 4.79. The van der Waals surface area contributed by atoms with Crippen LogP contribution in [-0.2, 0) is 4.79 Å². The number of aromatic hydroxyl groups is 1. The lowest BCUT2D eigenvalue weighted by Gasteiger charge is -2.11. The Morgan fingerprint density at radius 2 is 1.68 bits per heavy atom. The molecule has 6 nitrogen and oxygen atoms in total. The molecule has 2 rings (SSSR count). The highest BCUT2D eigenvalue weighted by Gasteiger charge is 2.13.